The van der Waals surface area contributed by atoms with E-state index in [4.69, 9.17) is 10.1 Å². The summed E-state index contributed by atoms with van der Waals surface area (Å²) in [7, 11) is 0. The molecule has 0 aromatic heterocycles. The second-order valence-corrected chi connectivity index (χ2v) is 8.67. The Morgan fingerprint density at radius 3 is 1.90 bits per heavy atom. The lowest BCUT2D eigenvalue weighted by Crippen LogP contribution is -2.33. The summed E-state index contributed by atoms with van der Waals surface area (Å²) in [4.78, 5) is 2.31. The van der Waals surface area contributed by atoms with Gasteiger partial charge in [0, 0.05) is 24.0 Å². The van der Waals surface area contributed by atoms with E-state index in [9.17, 15) is 0 Å². The average molecular weight is 425 g/mol. The fraction of sp³-hybridized carbons (Fsp3) is 0.607. The summed E-state index contributed by atoms with van der Waals surface area (Å²) >= 11 is 0. The molecule has 2 rings (SSSR count). The van der Waals surface area contributed by atoms with Crippen LogP contribution in [0.2, 0.25) is 0 Å². The van der Waals surface area contributed by atoms with Crippen molar-refractivity contribution in [1.82, 2.24) is 4.90 Å². The minimum atomic E-state index is 0.668. The molecule has 0 fully saturated rings. The number of hydrogen-bond acceptors (Lipinski definition) is 2. The van der Waals surface area contributed by atoms with Gasteiger partial charge in [-0.25, -0.2) is 0 Å². The zero-order valence-corrected chi connectivity index (χ0v) is 20.2. The molecule has 0 heterocycles. The van der Waals surface area contributed by atoms with E-state index in [1.165, 1.54) is 64.2 Å². The summed E-state index contributed by atoms with van der Waals surface area (Å²) in [6.45, 7) is 9.44. The van der Waals surface area contributed by atoms with Crippen molar-refractivity contribution >= 4 is 16.6 Å². The quantitative estimate of drug-likeness (QED) is 0.167. The molecule has 0 aliphatic rings. The van der Waals surface area contributed by atoms with Gasteiger partial charge >= 0.3 is 0 Å². The Labute approximate surface area is 190 Å². The van der Waals surface area contributed by atoms with Gasteiger partial charge in [-0.2, -0.15) is 0 Å². The minimum Gasteiger partial charge on any atom is -0.493 e. The van der Waals surface area contributed by atoms with Crippen molar-refractivity contribution in [1.29, 1.82) is 5.41 Å². The Morgan fingerprint density at radius 1 is 0.710 bits per heavy atom. The number of amidine groups is 1. The first-order valence-corrected chi connectivity index (χ1v) is 12.7. The normalized spacial score (nSPS) is 11.1. The van der Waals surface area contributed by atoms with Gasteiger partial charge in [0.1, 0.15) is 11.6 Å². The second-order valence-electron chi connectivity index (χ2n) is 8.67. The number of benzene rings is 2. The van der Waals surface area contributed by atoms with Crippen LogP contribution in [0.4, 0.5) is 0 Å². The van der Waals surface area contributed by atoms with Crippen molar-refractivity contribution in [2.45, 2.75) is 91.4 Å². The molecular formula is C28H44N2O. The van der Waals surface area contributed by atoms with Gasteiger partial charge in [0.25, 0.3) is 0 Å². The van der Waals surface area contributed by atoms with E-state index >= 15 is 0 Å². The Hall–Kier alpha value is -2.03. The van der Waals surface area contributed by atoms with Gasteiger partial charge in [-0.15, -0.1) is 0 Å². The van der Waals surface area contributed by atoms with Gasteiger partial charge in [-0.05, 0) is 36.8 Å². The van der Waals surface area contributed by atoms with Crippen LogP contribution in [-0.4, -0.2) is 30.4 Å². The molecule has 0 radical (unpaired) electrons. The first kappa shape index (κ1) is 25.2. The van der Waals surface area contributed by atoms with Crippen LogP contribution >= 0.6 is 0 Å². The highest BCUT2D eigenvalue weighted by Gasteiger charge is 2.16. The third-order valence-electron chi connectivity index (χ3n) is 6.02. The van der Waals surface area contributed by atoms with E-state index < -0.39 is 0 Å². The molecule has 31 heavy (non-hydrogen) atoms. The minimum absolute atomic E-state index is 0.668. The smallest absolute Gasteiger partial charge is 0.128 e. The lowest BCUT2D eigenvalue weighted by molar-refractivity contribution is 0.310. The standard InChI is InChI=1S/C28H44N2O/c1-4-7-10-14-21-30(22-15-11-8-5-2)28(29)26-19-20-27(31-23-16-9-6-3)25-18-13-12-17-24(25)26/h12-13,17-20,29H,4-11,14-16,21-23H2,1-3H3. The molecule has 0 aliphatic heterocycles. The number of fused-ring (bicyclic) bond motifs is 1. The molecule has 0 saturated carbocycles. The Kier molecular flexibility index (Phi) is 12.1. The topological polar surface area (TPSA) is 36.3 Å². The van der Waals surface area contributed by atoms with Crippen LogP contribution in [0.3, 0.4) is 0 Å². The predicted octanol–water partition coefficient (Wildman–Crippen LogP) is 8.20. The first-order chi connectivity index (χ1) is 15.2. The number of rotatable bonds is 16. The SMILES string of the molecule is CCCCCCN(CCCCCC)C(=N)c1ccc(OCCCCC)c2ccccc12. The zero-order chi connectivity index (χ0) is 22.3. The van der Waals surface area contributed by atoms with Crippen LogP contribution < -0.4 is 4.74 Å². The van der Waals surface area contributed by atoms with E-state index in [0.717, 1.165) is 48.2 Å². The van der Waals surface area contributed by atoms with E-state index in [2.05, 4.69) is 62.1 Å². The molecule has 0 bridgehead atoms. The summed E-state index contributed by atoms with van der Waals surface area (Å²) in [5.74, 6) is 1.61. The van der Waals surface area contributed by atoms with E-state index in [-0.39, 0.29) is 0 Å². The Bertz CT molecular complexity index is 759. The monoisotopic (exact) mass is 424 g/mol. The third-order valence-corrected chi connectivity index (χ3v) is 6.02. The third kappa shape index (κ3) is 8.20. The summed E-state index contributed by atoms with van der Waals surface area (Å²) in [5.41, 5.74) is 1.03. The molecule has 1 N–H and O–H groups in total. The molecule has 0 spiro atoms. The first-order valence-electron chi connectivity index (χ1n) is 12.7. The van der Waals surface area contributed by atoms with Gasteiger partial charge in [0.2, 0.25) is 0 Å². The van der Waals surface area contributed by atoms with Crippen LogP contribution in [0.5, 0.6) is 5.75 Å². The summed E-state index contributed by atoms with van der Waals surface area (Å²) in [5, 5.41) is 11.3. The summed E-state index contributed by atoms with van der Waals surface area (Å²) in [6.07, 6.45) is 13.4. The molecule has 172 valence electrons. The molecular weight excluding hydrogens is 380 g/mol. The maximum Gasteiger partial charge on any atom is 0.128 e. The number of ether oxygens (including phenoxy) is 1. The number of unbranched alkanes of at least 4 members (excludes halogenated alkanes) is 8. The molecule has 2 aromatic carbocycles. The van der Waals surface area contributed by atoms with Crippen molar-refractivity contribution in [3.63, 3.8) is 0 Å². The molecule has 3 heteroatoms. The van der Waals surface area contributed by atoms with Crippen LogP contribution in [0.15, 0.2) is 36.4 Å². The molecule has 2 aromatic rings. The van der Waals surface area contributed by atoms with Gasteiger partial charge < -0.3 is 9.64 Å². The average Bonchev–Trinajstić information content (AvgIpc) is 2.80. The van der Waals surface area contributed by atoms with Crippen molar-refractivity contribution in [3.05, 3.63) is 42.0 Å². The molecule has 3 nitrogen and oxygen atoms in total. The number of hydrogen-bond donors (Lipinski definition) is 1. The van der Waals surface area contributed by atoms with Gasteiger partial charge in [-0.3, -0.25) is 5.41 Å². The van der Waals surface area contributed by atoms with Crippen molar-refractivity contribution in [2.75, 3.05) is 19.7 Å². The molecule has 0 unspecified atom stereocenters. The summed E-state index contributed by atoms with van der Waals surface area (Å²) < 4.78 is 6.12. The highest BCUT2D eigenvalue weighted by Crippen LogP contribution is 2.30. The molecule has 0 saturated heterocycles. The molecule has 0 aliphatic carbocycles. The van der Waals surface area contributed by atoms with Crippen LogP contribution in [-0.2, 0) is 0 Å². The zero-order valence-electron chi connectivity index (χ0n) is 20.2. The van der Waals surface area contributed by atoms with Crippen LogP contribution in [0, 0.1) is 5.41 Å². The highest BCUT2D eigenvalue weighted by atomic mass is 16.5. The Balaban J connectivity index is 2.19. The van der Waals surface area contributed by atoms with Gasteiger partial charge in [-0.1, -0.05) is 96.4 Å². The van der Waals surface area contributed by atoms with E-state index in [1.54, 1.807) is 0 Å². The Morgan fingerprint density at radius 2 is 1.29 bits per heavy atom. The van der Waals surface area contributed by atoms with Crippen molar-refractivity contribution in [3.8, 4) is 5.75 Å². The summed E-state index contributed by atoms with van der Waals surface area (Å²) in [6, 6.07) is 12.6. The van der Waals surface area contributed by atoms with Gasteiger partial charge in [0.15, 0.2) is 0 Å². The van der Waals surface area contributed by atoms with E-state index in [0.29, 0.717) is 5.84 Å². The fourth-order valence-electron chi connectivity index (χ4n) is 4.10. The molecule has 0 amide bonds. The highest BCUT2D eigenvalue weighted by molar-refractivity contribution is 6.09. The van der Waals surface area contributed by atoms with Crippen molar-refractivity contribution < 1.29 is 4.74 Å². The predicted molar refractivity (Wildman–Crippen MR) is 136 cm³/mol. The fourth-order valence-corrected chi connectivity index (χ4v) is 4.10. The lowest BCUT2D eigenvalue weighted by atomic mass is 10.0. The van der Waals surface area contributed by atoms with Crippen LogP contribution in [0.1, 0.15) is 97.0 Å². The maximum atomic E-state index is 9.08. The van der Waals surface area contributed by atoms with E-state index in [1.807, 2.05) is 0 Å². The second kappa shape index (κ2) is 14.9. The number of nitrogens with one attached hydrogen (secondary N) is 1. The lowest BCUT2D eigenvalue weighted by Gasteiger charge is -2.26. The molecule has 0 atom stereocenters. The maximum absolute atomic E-state index is 9.08. The van der Waals surface area contributed by atoms with Gasteiger partial charge in [0.05, 0.1) is 6.61 Å². The number of nitrogens with zero attached hydrogens (tertiary/aromatic N) is 1. The van der Waals surface area contributed by atoms with Crippen molar-refractivity contribution in [2.24, 2.45) is 0 Å². The largest absolute Gasteiger partial charge is 0.493 e. The van der Waals surface area contributed by atoms with Crippen LogP contribution in [0.25, 0.3) is 10.8 Å².